The molecule has 1 aromatic heterocycles. The van der Waals surface area contributed by atoms with Crippen molar-refractivity contribution in [1.82, 2.24) is 0 Å². The number of fused-ring (bicyclic) bond motifs is 1. The number of aliphatic imine (C=N–C) groups is 1. The van der Waals surface area contributed by atoms with Crippen molar-refractivity contribution in [2.24, 2.45) is 4.99 Å². The molecule has 0 amide bonds. The largest absolute Gasteiger partial charge is 0.394 e. The molecule has 4 atom stereocenters. The highest BCUT2D eigenvalue weighted by molar-refractivity contribution is 7.11. The van der Waals surface area contributed by atoms with Crippen molar-refractivity contribution in [3.63, 3.8) is 0 Å². The van der Waals surface area contributed by atoms with Crippen LogP contribution in [0.3, 0.4) is 0 Å². The van der Waals surface area contributed by atoms with E-state index in [0.717, 1.165) is 11.3 Å². The van der Waals surface area contributed by atoms with E-state index in [1.165, 1.54) is 6.21 Å². The van der Waals surface area contributed by atoms with Crippen LogP contribution < -0.4 is 0 Å². The second-order valence-corrected chi connectivity index (χ2v) is 5.77. The standard InChI is InChI=1S/C13H12N2O5S/c14-5-13(11(19)10(18)8(3-16)20-13)12-9-6(4-21-12)7(17)1-2-15-9/h2,4,8,10-11,16,18-19H,1,3H2/t8-,10-,11-,13-/m1/s1. The molecule has 7 nitrogen and oxygen atoms in total. The number of nitriles is 1. The van der Waals surface area contributed by atoms with Crippen molar-refractivity contribution < 1.29 is 24.9 Å². The minimum absolute atomic E-state index is 0.123. The molecule has 0 bridgehead atoms. The van der Waals surface area contributed by atoms with Gasteiger partial charge in [0.1, 0.15) is 24.4 Å². The van der Waals surface area contributed by atoms with Gasteiger partial charge < -0.3 is 20.1 Å². The van der Waals surface area contributed by atoms with E-state index in [9.17, 15) is 25.4 Å². The zero-order valence-electron chi connectivity index (χ0n) is 10.8. The van der Waals surface area contributed by atoms with Gasteiger partial charge in [-0.2, -0.15) is 5.26 Å². The van der Waals surface area contributed by atoms with Gasteiger partial charge >= 0.3 is 0 Å². The zero-order chi connectivity index (χ0) is 15.2. The monoisotopic (exact) mass is 308 g/mol. The molecule has 2 aliphatic heterocycles. The number of Topliss-reactive ketones (excluding diaryl/α,β-unsaturated/α-hetero) is 1. The fraction of sp³-hybridized carbons (Fsp3) is 0.462. The van der Waals surface area contributed by atoms with Gasteiger partial charge in [0.15, 0.2) is 5.78 Å². The van der Waals surface area contributed by atoms with E-state index >= 15 is 0 Å². The first kappa shape index (κ1) is 14.3. The number of rotatable bonds is 2. The normalized spacial score (nSPS) is 34.8. The van der Waals surface area contributed by atoms with Gasteiger partial charge in [0.2, 0.25) is 5.60 Å². The molecule has 2 aliphatic rings. The lowest BCUT2D eigenvalue weighted by molar-refractivity contribution is -0.0589. The maximum Gasteiger partial charge on any atom is 0.219 e. The molecule has 1 saturated heterocycles. The van der Waals surface area contributed by atoms with Gasteiger partial charge in [0, 0.05) is 18.0 Å². The smallest absolute Gasteiger partial charge is 0.219 e. The van der Waals surface area contributed by atoms with E-state index < -0.39 is 30.5 Å². The summed E-state index contributed by atoms with van der Waals surface area (Å²) >= 11 is 1.07. The predicted octanol–water partition coefficient (Wildman–Crippen LogP) is -0.131. The summed E-state index contributed by atoms with van der Waals surface area (Å²) in [4.78, 5) is 16.2. The van der Waals surface area contributed by atoms with E-state index in [1.807, 2.05) is 6.07 Å². The van der Waals surface area contributed by atoms with Crippen LogP contribution in [0.1, 0.15) is 21.7 Å². The fourth-order valence-electron chi connectivity index (χ4n) is 2.57. The van der Waals surface area contributed by atoms with Crippen LogP contribution in [0.4, 0.5) is 5.69 Å². The molecule has 21 heavy (non-hydrogen) atoms. The Kier molecular flexibility index (Phi) is 3.39. The molecule has 0 radical (unpaired) electrons. The third-order valence-corrected chi connectivity index (χ3v) is 4.79. The maximum atomic E-state index is 11.8. The lowest BCUT2D eigenvalue weighted by Crippen LogP contribution is -2.39. The molecular weight excluding hydrogens is 296 g/mol. The number of hydrogen-bond donors (Lipinski definition) is 3. The minimum Gasteiger partial charge on any atom is -0.394 e. The number of aliphatic hydroxyl groups excluding tert-OH is 3. The Labute approximate surface area is 123 Å². The summed E-state index contributed by atoms with van der Waals surface area (Å²) in [5, 5.41) is 40.3. The SMILES string of the molecule is N#C[C@@]1(c2scc3c2N=CCC3=O)O[C@H](CO)[C@@H](O)[C@H]1O. The first-order valence-corrected chi connectivity index (χ1v) is 7.17. The lowest BCUT2D eigenvalue weighted by Gasteiger charge is -2.24. The number of thiophene rings is 1. The summed E-state index contributed by atoms with van der Waals surface area (Å²) < 4.78 is 5.43. The summed E-state index contributed by atoms with van der Waals surface area (Å²) in [6.07, 6.45) is -2.37. The molecule has 0 spiro atoms. The fourth-order valence-corrected chi connectivity index (χ4v) is 3.71. The highest BCUT2D eigenvalue weighted by atomic mass is 32.1. The first-order chi connectivity index (χ1) is 10.0. The summed E-state index contributed by atoms with van der Waals surface area (Å²) in [5.74, 6) is -0.123. The Morgan fingerprint density at radius 2 is 2.33 bits per heavy atom. The third-order valence-electron chi connectivity index (χ3n) is 3.70. The van der Waals surface area contributed by atoms with Gasteiger partial charge in [-0.1, -0.05) is 0 Å². The lowest BCUT2D eigenvalue weighted by atomic mass is 9.92. The number of carbonyl (C=O) groups excluding carboxylic acids is 1. The Morgan fingerprint density at radius 1 is 1.57 bits per heavy atom. The molecule has 110 valence electrons. The number of ketones is 1. The van der Waals surface area contributed by atoms with E-state index in [2.05, 4.69) is 4.99 Å². The second kappa shape index (κ2) is 4.98. The van der Waals surface area contributed by atoms with Crippen molar-refractivity contribution in [1.29, 1.82) is 5.26 Å². The second-order valence-electron chi connectivity index (χ2n) is 4.89. The Morgan fingerprint density at radius 3 is 2.95 bits per heavy atom. The van der Waals surface area contributed by atoms with E-state index in [-0.39, 0.29) is 17.1 Å². The molecule has 0 aromatic carbocycles. The number of nitrogens with zero attached hydrogens (tertiary/aromatic N) is 2. The van der Waals surface area contributed by atoms with Crippen molar-refractivity contribution in [3.8, 4) is 6.07 Å². The maximum absolute atomic E-state index is 11.8. The van der Waals surface area contributed by atoms with Crippen molar-refractivity contribution >= 4 is 29.0 Å². The zero-order valence-corrected chi connectivity index (χ0v) is 11.6. The number of aliphatic hydroxyl groups is 3. The average Bonchev–Trinajstić information content (AvgIpc) is 3.03. The predicted molar refractivity (Wildman–Crippen MR) is 72.7 cm³/mol. The van der Waals surface area contributed by atoms with Crippen LogP contribution in [0.2, 0.25) is 0 Å². The van der Waals surface area contributed by atoms with Gasteiger partial charge in [-0.05, 0) is 0 Å². The Bertz CT molecular complexity index is 664. The van der Waals surface area contributed by atoms with Crippen molar-refractivity contribution in [2.45, 2.75) is 30.3 Å². The molecule has 3 heterocycles. The topological polar surface area (TPSA) is 123 Å². The van der Waals surface area contributed by atoms with Gasteiger partial charge in [0.25, 0.3) is 0 Å². The summed E-state index contributed by atoms with van der Waals surface area (Å²) in [6, 6.07) is 1.87. The number of carbonyl (C=O) groups is 1. The summed E-state index contributed by atoms with van der Waals surface area (Å²) in [7, 11) is 0. The molecule has 0 unspecified atom stereocenters. The van der Waals surface area contributed by atoms with Gasteiger partial charge in [-0.15, -0.1) is 11.3 Å². The molecule has 3 rings (SSSR count). The van der Waals surface area contributed by atoms with Gasteiger partial charge in [-0.25, -0.2) is 0 Å². The highest BCUT2D eigenvalue weighted by Gasteiger charge is 2.57. The van der Waals surface area contributed by atoms with E-state index in [1.54, 1.807) is 5.38 Å². The van der Waals surface area contributed by atoms with E-state index in [0.29, 0.717) is 11.3 Å². The first-order valence-electron chi connectivity index (χ1n) is 6.29. The summed E-state index contributed by atoms with van der Waals surface area (Å²) in [5.41, 5.74) is -1.16. The quantitative estimate of drug-likeness (QED) is 0.699. The van der Waals surface area contributed by atoms with Crippen LogP contribution in [-0.2, 0) is 10.3 Å². The average molecular weight is 308 g/mol. The van der Waals surface area contributed by atoms with Gasteiger partial charge in [0.05, 0.1) is 22.7 Å². The third kappa shape index (κ3) is 1.87. The molecule has 1 aromatic rings. The van der Waals surface area contributed by atoms with Crippen molar-refractivity contribution in [3.05, 3.63) is 15.8 Å². The molecule has 0 aliphatic carbocycles. The molecule has 1 fully saturated rings. The Balaban J connectivity index is 2.13. The number of ether oxygens (including phenoxy) is 1. The van der Waals surface area contributed by atoms with Crippen LogP contribution in [0.15, 0.2) is 10.4 Å². The van der Waals surface area contributed by atoms with Crippen LogP contribution in [0.25, 0.3) is 0 Å². The number of hydrogen-bond acceptors (Lipinski definition) is 8. The van der Waals surface area contributed by atoms with Crippen LogP contribution in [-0.4, -0.2) is 52.2 Å². The van der Waals surface area contributed by atoms with Gasteiger partial charge in [-0.3, -0.25) is 9.79 Å². The molecule has 8 heteroatoms. The van der Waals surface area contributed by atoms with Crippen LogP contribution in [0.5, 0.6) is 0 Å². The van der Waals surface area contributed by atoms with E-state index in [4.69, 9.17) is 4.74 Å². The minimum atomic E-state index is -1.83. The highest BCUT2D eigenvalue weighted by Crippen LogP contribution is 2.48. The van der Waals surface area contributed by atoms with Crippen molar-refractivity contribution in [2.75, 3.05) is 6.61 Å². The summed E-state index contributed by atoms with van der Waals surface area (Å²) in [6.45, 7) is -0.530. The molecule has 3 N–H and O–H groups in total. The van der Waals surface area contributed by atoms with Crippen LogP contribution in [0, 0.1) is 11.3 Å². The molecule has 0 saturated carbocycles. The Hall–Kier alpha value is -1.63. The molecular formula is C13H12N2O5S. The van der Waals surface area contributed by atoms with Crippen LogP contribution >= 0.6 is 11.3 Å².